The number of benzene rings is 4. The molecule has 0 N–H and O–H groups in total. The number of halogens is 2. The van der Waals surface area contributed by atoms with Crippen molar-refractivity contribution in [3.63, 3.8) is 0 Å². The van der Waals surface area contributed by atoms with Crippen molar-refractivity contribution in [3.8, 4) is 0 Å². The minimum atomic E-state index is -4.28. The Balaban J connectivity index is 0.00000152. The predicted octanol–water partition coefficient (Wildman–Crippen LogP) is 7.04. The monoisotopic (exact) mass is 604 g/mol. The van der Waals surface area contributed by atoms with Crippen LogP contribution in [0.3, 0.4) is 0 Å². The van der Waals surface area contributed by atoms with Crippen LogP contribution in [0.2, 0.25) is 0 Å². The molecule has 4 heteroatoms. The van der Waals surface area contributed by atoms with Crippen LogP contribution in [-0.4, -0.2) is 6.88 Å². The molecular weight excluding hydrogens is 575 g/mol. The maximum atomic E-state index is 2.47. The van der Waals surface area contributed by atoms with Gasteiger partial charge in [0.05, 0.1) is 0 Å². The van der Waals surface area contributed by atoms with Gasteiger partial charge in [0.15, 0.2) is 0 Å². The third kappa shape index (κ3) is 3.64. The number of rotatable bonds is 4. The molecule has 0 amide bonds. The van der Waals surface area contributed by atoms with Gasteiger partial charge in [0.1, 0.15) is 0 Å². The summed E-state index contributed by atoms with van der Waals surface area (Å²) in [6.45, 7) is 7.20. The van der Waals surface area contributed by atoms with Crippen molar-refractivity contribution < 1.29 is 17.4 Å². The fraction of sp³-hybridized carbons (Fsp3) is 0.125. The molecule has 6 rings (SSSR count). The van der Waals surface area contributed by atoms with Gasteiger partial charge in [-0.15, -0.1) is 24.8 Å². The van der Waals surface area contributed by atoms with Gasteiger partial charge in [0, 0.05) is 0 Å². The quantitative estimate of drug-likeness (QED) is 0.219. The van der Waals surface area contributed by atoms with Crippen molar-refractivity contribution >= 4 is 50.4 Å². The van der Waals surface area contributed by atoms with E-state index in [0.29, 0.717) is 7.25 Å². The van der Waals surface area contributed by atoms with Crippen LogP contribution in [0.5, 0.6) is 0 Å². The summed E-state index contributed by atoms with van der Waals surface area (Å²) in [6, 6.07) is 41.5. The molecule has 4 aromatic rings. The van der Waals surface area contributed by atoms with Crippen molar-refractivity contribution in [2.24, 2.45) is 0 Å². The van der Waals surface area contributed by atoms with E-state index in [0.717, 1.165) is 0 Å². The first-order valence-electron chi connectivity index (χ1n) is 12.2. The van der Waals surface area contributed by atoms with Gasteiger partial charge in [0.25, 0.3) is 0 Å². The Morgan fingerprint density at radius 1 is 0.500 bits per heavy atom. The maximum absolute atomic E-state index is 4.28. The zero-order valence-electron chi connectivity index (χ0n) is 20.7. The predicted molar refractivity (Wildman–Crippen MR) is 161 cm³/mol. The first kappa shape index (κ1) is 27.1. The van der Waals surface area contributed by atoms with Crippen LogP contribution in [0, 0.1) is 0 Å². The van der Waals surface area contributed by atoms with Gasteiger partial charge in [-0.1, -0.05) is 0 Å². The third-order valence-electron chi connectivity index (χ3n) is 8.52. The number of hydrogen-bond donors (Lipinski definition) is 0. The van der Waals surface area contributed by atoms with E-state index >= 15 is 0 Å². The molecule has 36 heavy (non-hydrogen) atoms. The summed E-state index contributed by atoms with van der Waals surface area (Å²) in [4.78, 5) is 0. The smallest absolute Gasteiger partial charge is 0.147 e. The van der Waals surface area contributed by atoms with Crippen molar-refractivity contribution in [1.82, 2.24) is 0 Å². The standard InChI is InChI=1S/2C10H9.2C6H5.2ClH.H2Si.Zr/c2*1-8-6-9-4-2-3-5-10(9)7-8;2*1-2-4-6-5-3-1;;;;/h2*2-7H,1H3;2*1-5H;2*1H;1H2;. The van der Waals surface area contributed by atoms with Gasteiger partial charge in [0.2, 0.25) is 0 Å². The Labute approximate surface area is 229 Å². The van der Waals surface area contributed by atoms with E-state index in [1.165, 1.54) is 33.4 Å². The summed E-state index contributed by atoms with van der Waals surface area (Å²) in [5.41, 5.74) is 8.88. The number of allylic oxidation sites excluding steroid dienone is 2. The van der Waals surface area contributed by atoms with Crippen molar-refractivity contribution in [2.75, 3.05) is 0 Å². The minimum absolute atomic E-state index is 0. The molecule has 0 nitrogen and oxygen atoms in total. The Morgan fingerprint density at radius 2 is 0.833 bits per heavy atom. The molecule has 0 saturated carbocycles. The molecular formula is C32H32Cl2SiZr. The van der Waals surface area contributed by atoms with Gasteiger partial charge in [-0.2, -0.15) is 0 Å². The molecule has 182 valence electrons. The SMILES string of the molecule is CC1=Cc2ccccc2[CH]1[Zr](=[SiH2])([c]1ccccc1)([c]1ccccc1)[CH]1C(C)=Cc2ccccc21.Cl.Cl. The first-order chi connectivity index (χ1) is 16.5. The van der Waals surface area contributed by atoms with E-state index in [2.05, 4.69) is 142 Å². The average Bonchev–Trinajstić information content (AvgIpc) is 3.41. The van der Waals surface area contributed by atoms with Gasteiger partial charge < -0.3 is 0 Å². The van der Waals surface area contributed by atoms with Crippen molar-refractivity contribution in [1.29, 1.82) is 0 Å². The summed E-state index contributed by atoms with van der Waals surface area (Å²) >= 11 is -4.28. The molecule has 2 unspecified atom stereocenters. The Morgan fingerprint density at radius 3 is 1.22 bits per heavy atom. The van der Waals surface area contributed by atoms with Crippen LogP contribution in [0.25, 0.3) is 12.2 Å². The molecule has 0 saturated heterocycles. The van der Waals surface area contributed by atoms with E-state index in [1.54, 1.807) is 6.54 Å². The molecule has 4 aromatic carbocycles. The second kappa shape index (κ2) is 10.1. The molecule has 0 bridgehead atoms. The molecule has 0 heterocycles. The molecule has 2 atom stereocenters. The third-order valence-corrected chi connectivity index (χ3v) is 36.8. The van der Waals surface area contributed by atoms with Crippen LogP contribution in [0.15, 0.2) is 120 Å². The maximum Gasteiger partial charge on any atom is -0.147 e. The first-order valence-corrected chi connectivity index (χ1v) is 23.4. The van der Waals surface area contributed by atoms with E-state index in [-0.39, 0.29) is 24.8 Å². The molecule has 2 aliphatic carbocycles. The second-order valence-electron chi connectivity index (χ2n) is 10.3. The fourth-order valence-electron chi connectivity index (χ4n) is 7.37. The van der Waals surface area contributed by atoms with E-state index in [1.807, 2.05) is 0 Å². The second-order valence-corrected chi connectivity index (χ2v) is 33.0. The molecule has 0 spiro atoms. The van der Waals surface area contributed by atoms with E-state index in [4.69, 9.17) is 0 Å². The summed E-state index contributed by atoms with van der Waals surface area (Å²) in [7, 11) is 0. The molecule has 0 fully saturated rings. The zero-order chi connectivity index (χ0) is 23.4. The molecule has 2 aliphatic rings. The Kier molecular flexibility index (Phi) is 7.58. The normalized spacial score (nSPS) is 18.2. The van der Waals surface area contributed by atoms with Crippen LogP contribution in [-0.2, 0) is 17.4 Å². The van der Waals surface area contributed by atoms with Crippen LogP contribution < -0.4 is 6.54 Å². The summed E-state index contributed by atoms with van der Waals surface area (Å²) in [5, 5.41) is 0. The molecule has 0 aliphatic heterocycles. The van der Waals surface area contributed by atoms with Crippen LogP contribution in [0.4, 0.5) is 0 Å². The van der Waals surface area contributed by atoms with Crippen LogP contribution >= 0.6 is 24.8 Å². The van der Waals surface area contributed by atoms with Crippen LogP contribution in [0.1, 0.15) is 43.4 Å². The zero-order valence-corrected chi connectivity index (χ0v) is 26.2. The summed E-state index contributed by atoms with van der Waals surface area (Å²) in [6.07, 6.45) is 4.93. The van der Waals surface area contributed by atoms with Gasteiger partial charge in [-0.25, -0.2) is 0 Å². The fourth-order valence-corrected chi connectivity index (χ4v) is 36.6. The van der Waals surface area contributed by atoms with Crippen molar-refractivity contribution in [3.05, 3.63) is 143 Å². The summed E-state index contributed by atoms with van der Waals surface area (Å²) < 4.78 is 4.00. The largest absolute Gasteiger partial charge is 0.147 e. The Hall–Kier alpha value is -1.96. The molecule has 0 aromatic heterocycles. The number of hydrogen-bond acceptors (Lipinski definition) is 0. The van der Waals surface area contributed by atoms with Crippen molar-refractivity contribution in [2.45, 2.75) is 21.1 Å². The average molecular weight is 607 g/mol. The van der Waals surface area contributed by atoms with E-state index in [9.17, 15) is 0 Å². The summed E-state index contributed by atoms with van der Waals surface area (Å²) in [5.74, 6) is 0. The van der Waals surface area contributed by atoms with Gasteiger partial charge in [-0.05, 0) is 0 Å². The van der Waals surface area contributed by atoms with Gasteiger partial charge >= 0.3 is 207 Å². The molecule has 0 radical (unpaired) electrons. The topological polar surface area (TPSA) is 0 Å². The van der Waals surface area contributed by atoms with E-state index < -0.39 is 17.4 Å². The Bertz CT molecular complexity index is 1420. The minimum Gasteiger partial charge on any atom is -0.147 e. The number of fused-ring (bicyclic) bond motifs is 2. The van der Waals surface area contributed by atoms with Gasteiger partial charge in [-0.3, -0.25) is 0 Å².